The predicted octanol–water partition coefficient (Wildman–Crippen LogP) is 2.80. The van der Waals surface area contributed by atoms with Gasteiger partial charge in [0.05, 0.1) is 6.61 Å². The predicted molar refractivity (Wildman–Crippen MR) is 81.0 cm³/mol. The van der Waals surface area contributed by atoms with Gasteiger partial charge in [-0.1, -0.05) is 13.0 Å². The third-order valence-electron chi connectivity index (χ3n) is 3.57. The summed E-state index contributed by atoms with van der Waals surface area (Å²) in [6.07, 6.45) is 2.78. The van der Waals surface area contributed by atoms with Crippen LogP contribution in [0.4, 0.5) is 5.69 Å². The third kappa shape index (κ3) is 4.23. The maximum Gasteiger partial charge on any atom is 0.227 e. The van der Waals surface area contributed by atoms with Crippen LogP contribution in [0.5, 0.6) is 5.75 Å². The summed E-state index contributed by atoms with van der Waals surface area (Å²) in [6, 6.07) is 8.03. The van der Waals surface area contributed by atoms with Crippen molar-refractivity contribution in [3.63, 3.8) is 0 Å². The largest absolute Gasteiger partial charge is 0.494 e. The molecule has 20 heavy (non-hydrogen) atoms. The number of hydrogen-bond acceptors (Lipinski definition) is 3. The van der Waals surface area contributed by atoms with Crippen molar-refractivity contribution in [1.29, 1.82) is 0 Å². The van der Waals surface area contributed by atoms with Crippen molar-refractivity contribution >= 4 is 11.6 Å². The van der Waals surface area contributed by atoms with Crippen molar-refractivity contribution in [1.82, 2.24) is 5.32 Å². The van der Waals surface area contributed by atoms with E-state index in [0.29, 0.717) is 12.6 Å². The molecule has 1 aromatic carbocycles. The van der Waals surface area contributed by atoms with E-state index in [4.69, 9.17) is 4.74 Å². The number of hydrogen-bond donors (Lipinski definition) is 2. The molecule has 0 aliphatic carbocycles. The Balaban J connectivity index is 1.93. The number of ether oxygens (including phenoxy) is 1. The Morgan fingerprint density at radius 2 is 2.35 bits per heavy atom. The molecule has 2 unspecified atom stereocenters. The van der Waals surface area contributed by atoms with E-state index in [0.717, 1.165) is 37.2 Å². The molecule has 0 radical (unpaired) electrons. The molecule has 1 amide bonds. The maximum atomic E-state index is 12.3. The highest BCUT2D eigenvalue weighted by Crippen LogP contribution is 2.21. The van der Waals surface area contributed by atoms with Crippen LogP contribution in [0.3, 0.4) is 0 Å². The summed E-state index contributed by atoms with van der Waals surface area (Å²) in [5.41, 5.74) is 0.815. The maximum absolute atomic E-state index is 12.3. The number of carbonyl (C=O) groups excluding carboxylic acids is 1. The lowest BCUT2D eigenvalue weighted by molar-refractivity contribution is -0.120. The Morgan fingerprint density at radius 3 is 3.10 bits per heavy atom. The highest BCUT2D eigenvalue weighted by atomic mass is 16.5. The number of carbonyl (C=O) groups is 1. The highest BCUT2D eigenvalue weighted by molar-refractivity contribution is 5.92. The lowest BCUT2D eigenvalue weighted by Gasteiger charge is -2.27. The number of nitrogens with one attached hydrogen (secondary N) is 2. The molecule has 2 atom stereocenters. The molecule has 1 aliphatic rings. The van der Waals surface area contributed by atoms with Gasteiger partial charge in [0.2, 0.25) is 5.91 Å². The molecular weight excluding hydrogens is 252 g/mol. The number of amides is 1. The number of piperidine rings is 1. The van der Waals surface area contributed by atoms with Gasteiger partial charge >= 0.3 is 0 Å². The van der Waals surface area contributed by atoms with Gasteiger partial charge in [-0.2, -0.15) is 0 Å². The minimum Gasteiger partial charge on any atom is -0.494 e. The first kappa shape index (κ1) is 14.9. The third-order valence-corrected chi connectivity index (χ3v) is 3.57. The van der Waals surface area contributed by atoms with Crippen LogP contribution >= 0.6 is 0 Å². The molecular formula is C16H24N2O2. The quantitative estimate of drug-likeness (QED) is 0.869. The topological polar surface area (TPSA) is 50.4 Å². The SMILES string of the molecule is CCCOc1cccc(NC(=O)C2CCNC(C)C2)c1. The Hall–Kier alpha value is -1.55. The van der Waals surface area contributed by atoms with Gasteiger partial charge in [0.25, 0.3) is 0 Å². The molecule has 0 aromatic heterocycles. The van der Waals surface area contributed by atoms with Crippen LogP contribution in [-0.2, 0) is 4.79 Å². The summed E-state index contributed by atoms with van der Waals surface area (Å²) < 4.78 is 5.58. The second-order valence-corrected chi connectivity index (χ2v) is 5.44. The Kier molecular flexibility index (Phi) is 5.41. The van der Waals surface area contributed by atoms with Crippen molar-refractivity contribution in [3.05, 3.63) is 24.3 Å². The van der Waals surface area contributed by atoms with Gasteiger partial charge in [0, 0.05) is 23.7 Å². The summed E-state index contributed by atoms with van der Waals surface area (Å²) in [5, 5.41) is 6.37. The van der Waals surface area contributed by atoms with Crippen LogP contribution in [0.25, 0.3) is 0 Å². The second kappa shape index (κ2) is 7.29. The molecule has 0 bridgehead atoms. The van der Waals surface area contributed by atoms with Gasteiger partial charge in [-0.25, -0.2) is 0 Å². The molecule has 4 heteroatoms. The zero-order chi connectivity index (χ0) is 14.4. The zero-order valence-corrected chi connectivity index (χ0v) is 12.3. The Labute approximate surface area is 120 Å². The molecule has 1 aromatic rings. The molecule has 1 aliphatic heterocycles. The van der Waals surface area contributed by atoms with Crippen molar-refractivity contribution < 1.29 is 9.53 Å². The molecule has 0 saturated carbocycles. The first-order chi connectivity index (χ1) is 9.69. The standard InChI is InChI=1S/C16H24N2O2/c1-3-9-20-15-6-4-5-14(11-15)18-16(19)13-7-8-17-12(2)10-13/h4-6,11-13,17H,3,7-10H2,1-2H3,(H,18,19). The smallest absolute Gasteiger partial charge is 0.227 e. The summed E-state index contributed by atoms with van der Waals surface area (Å²) in [6.45, 7) is 5.81. The molecule has 4 nitrogen and oxygen atoms in total. The van der Waals surface area contributed by atoms with Crippen LogP contribution in [-0.4, -0.2) is 25.1 Å². The van der Waals surface area contributed by atoms with Crippen molar-refractivity contribution in [2.75, 3.05) is 18.5 Å². The molecule has 1 saturated heterocycles. The van der Waals surface area contributed by atoms with Gasteiger partial charge < -0.3 is 15.4 Å². The Bertz CT molecular complexity index is 448. The van der Waals surface area contributed by atoms with Crippen LogP contribution in [0.1, 0.15) is 33.1 Å². The summed E-state index contributed by atoms with van der Waals surface area (Å²) in [5.74, 6) is 1.03. The molecule has 110 valence electrons. The van der Waals surface area contributed by atoms with Crippen LogP contribution < -0.4 is 15.4 Å². The number of rotatable bonds is 5. The molecule has 0 spiro atoms. The van der Waals surface area contributed by atoms with Crippen molar-refractivity contribution in [3.8, 4) is 5.75 Å². The van der Waals surface area contributed by atoms with E-state index < -0.39 is 0 Å². The number of anilines is 1. The number of benzene rings is 1. The van der Waals surface area contributed by atoms with E-state index in [2.05, 4.69) is 24.5 Å². The minimum absolute atomic E-state index is 0.103. The summed E-state index contributed by atoms with van der Waals surface area (Å²) >= 11 is 0. The van der Waals surface area contributed by atoms with Crippen molar-refractivity contribution in [2.24, 2.45) is 5.92 Å². The van der Waals surface area contributed by atoms with Gasteiger partial charge in [-0.05, 0) is 44.9 Å². The van der Waals surface area contributed by atoms with Gasteiger partial charge in [-0.3, -0.25) is 4.79 Å². The van der Waals surface area contributed by atoms with E-state index in [1.807, 2.05) is 24.3 Å². The van der Waals surface area contributed by atoms with E-state index in [-0.39, 0.29) is 11.8 Å². The fraction of sp³-hybridized carbons (Fsp3) is 0.562. The molecule has 1 fully saturated rings. The van der Waals surface area contributed by atoms with Crippen LogP contribution in [0.2, 0.25) is 0 Å². The normalized spacial score (nSPS) is 22.3. The minimum atomic E-state index is 0.103. The molecule has 1 heterocycles. The molecule has 2 rings (SSSR count). The first-order valence-corrected chi connectivity index (χ1v) is 7.46. The lowest BCUT2D eigenvalue weighted by Crippen LogP contribution is -2.40. The first-order valence-electron chi connectivity index (χ1n) is 7.46. The average Bonchev–Trinajstić information content (AvgIpc) is 2.45. The van der Waals surface area contributed by atoms with E-state index in [9.17, 15) is 4.79 Å². The second-order valence-electron chi connectivity index (χ2n) is 5.44. The highest BCUT2D eigenvalue weighted by Gasteiger charge is 2.24. The van der Waals surface area contributed by atoms with Crippen LogP contribution in [0.15, 0.2) is 24.3 Å². The molecule has 2 N–H and O–H groups in total. The van der Waals surface area contributed by atoms with E-state index in [1.165, 1.54) is 0 Å². The van der Waals surface area contributed by atoms with Crippen molar-refractivity contribution in [2.45, 2.75) is 39.2 Å². The van der Waals surface area contributed by atoms with E-state index >= 15 is 0 Å². The van der Waals surface area contributed by atoms with Crippen LogP contribution in [0, 0.1) is 5.92 Å². The monoisotopic (exact) mass is 276 g/mol. The Morgan fingerprint density at radius 1 is 1.50 bits per heavy atom. The van der Waals surface area contributed by atoms with Gasteiger partial charge in [-0.15, -0.1) is 0 Å². The average molecular weight is 276 g/mol. The summed E-state index contributed by atoms with van der Waals surface area (Å²) in [4.78, 5) is 12.3. The summed E-state index contributed by atoms with van der Waals surface area (Å²) in [7, 11) is 0. The van der Waals surface area contributed by atoms with Gasteiger partial charge in [0.15, 0.2) is 0 Å². The van der Waals surface area contributed by atoms with Gasteiger partial charge in [0.1, 0.15) is 5.75 Å². The zero-order valence-electron chi connectivity index (χ0n) is 12.3. The van der Waals surface area contributed by atoms with E-state index in [1.54, 1.807) is 0 Å². The fourth-order valence-electron chi connectivity index (χ4n) is 2.50. The lowest BCUT2D eigenvalue weighted by atomic mass is 9.92. The fourth-order valence-corrected chi connectivity index (χ4v) is 2.50.